The Balaban J connectivity index is 2.54. The molecule has 0 aliphatic heterocycles. The summed E-state index contributed by atoms with van der Waals surface area (Å²) in [5, 5.41) is 6.77. The lowest BCUT2D eigenvalue weighted by Gasteiger charge is -2.14. The second-order valence-electron chi connectivity index (χ2n) is 4.34. The summed E-state index contributed by atoms with van der Waals surface area (Å²) in [4.78, 5) is 0. The smallest absolute Gasteiger partial charge is 0.316 e. The van der Waals surface area contributed by atoms with E-state index in [2.05, 4.69) is 10.4 Å². The van der Waals surface area contributed by atoms with Gasteiger partial charge in [-0.15, -0.1) is 0 Å². The number of benzene rings is 1. The summed E-state index contributed by atoms with van der Waals surface area (Å²) >= 11 is 0. The first-order valence-electron chi connectivity index (χ1n) is 5.78. The minimum atomic E-state index is -4.40. The molecule has 0 aliphatic carbocycles. The van der Waals surface area contributed by atoms with E-state index < -0.39 is 11.7 Å². The van der Waals surface area contributed by atoms with Crippen molar-refractivity contribution in [3.8, 4) is 5.69 Å². The topological polar surface area (TPSA) is 29.9 Å². The van der Waals surface area contributed by atoms with E-state index in [9.17, 15) is 13.2 Å². The molecule has 2 rings (SSSR count). The average Bonchev–Trinajstić information content (AvgIpc) is 2.75. The molecule has 0 fully saturated rings. The van der Waals surface area contributed by atoms with Crippen molar-refractivity contribution in [3.05, 3.63) is 47.3 Å². The normalized spacial score (nSPS) is 11.8. The first kappa shape index (κ1) is 13.6. The van der Waals surface area contributed by atoms with E-state index in [4.69, 9.17) is 0 Å². The number of aryl methyl sites for hydroxylation is 1. The lowest BCUT2D eigenvalue weighted by atomic mass is 10.1. The zero-order valence-corrected chi connectivity index (χ0v) is 10.6. The highest BCUT2D eigenvalue weighted by Gasteiger charge is 2.34. The van der Waals surface area contributed by atoms with E-state index >= 15 is 0 Å². The molecule has 1 N–H and O–H groups in total. The molecule has 0 saturated heterocycles. The summed E-state index contributed by atoms with van der Waals surface area (Å²) in [7, 11) is 1.69. The van der Waals surface area contributed by atoms with Crippen molar-refractivity contribution in [1.82, 2.24) is 15.1 Å². The van der Waals surface area contributed by atoms with Crippen molar-refractivity contribution in [2.75, 3.05) is 7.05 Å². The van der Waals surface area contributed by atoms with Crippen LogP contribution in [0, 0.1) is 6.92 Å². The summed E-state index contributed by atoms with van der Waals surface area (Å²) in [6.07, 6.45) is -1.30. The van der Waals surface area contributed by atoms with Gasteiger partial charge in [-0.05, 0) is 37.2 Å². The highest BCUT2D eigenvalue weighted by Crippen LogP contribution is 2.34. The minimum Gasteiger partial charge on any atom is -0.316 e. The molecule has 3 nitrogen and oxygen atoms in total. The molecule has 0 amide bonds. The van der Waals surface area contributed by atoms with E-state index in [0.717, 1.165) is 11.6 Å². The molecule has 0 bridgehead atoms. The number of aromatic nitrogens is 2. The van der Waals surface area contributed by atoms with Gasteiger partial charge in [0.05, 0.1) is 17.4 Å². The van der Waals surface area contributed by atoms with Gasteiger partial charge in [-0.3, -0.25) is 0 Å². The number of nitrogens with one attached hydrogen (secondary N) is 1. The third-order valence-corrected chi connectivity index (χ3v) is 2.71. The Labute approximate surface area is 109 Å². The Morgan fingerprint density at radius 3 is 2.58 bits per heavy atom. The van der Waals surface area contributed by atoms with Crippen LogP contribution < -0.4 is 5.32 Å². The molecular formula is C13H14F3N3. The van der Waals surface area contributed by atoms with Crippen LogP contribution in [-0.4, -0.2) is 16.8 Å². The number of hydrogen-bond donors (Lipinski definition) is 1. The monoisotopic (exact) mass is 269 g/mol. The van der Waals surface area contributed by atoms with Crippen molar-refractivity contribution in [1.29, 1.82) is 0 Å². The van der Waals surface area contributed by atoms with Crippen molar-refractivity contribution in [2.45, 2.75) is 19.6 Å². The molecule has 0 radical (unpaired) electrons. The van der Waals surface area contributed by atoms with E-state index in [-0.39, 0.29) is 5.69 Å². The molecule has 1 aromatic carbocycles. The minimum absolute atomic E-state index is 0.0421. The first-order valence-corrected chi connectivity index (χ1v) is 5.78. The second-order valence-corrected chi connectivity index (χ2v) is 4.34. The van der Waals surface area contributed by atoms with Gasteiger partial charge in [0.1, 0.15) is 0 Å². The summed E-state index contributed by atoms with van der Waals surface area (Å²) in [6, 6.07) is 4.27. The van der Waals surface area contributed by atoms with Gasteiger partial charge in [0.25, 0.3) is 0 Å². The fraction of sp³-hybridized carbons (Fsp3) is 0.308. The summed E-state index contributed by atoms with van der Waals surface area (Å²) < 4.78 is 40.6. The van der Waals surface area contributed by atoms with Crippen LogP contribution in [0.2, 0.25) is 0 Å². The largest absolute Gasteiger partial charge is 0.418 e. The number of halogens is 3. The zero-order chi connectivity index (χ0) is 14.0. The van der Waals surface area contributed by atoms with E-state index in [1.165, 1.54) is 16.9 Å². The fourth-order valence-corrected chi connectivity index (χ4v) is 1.87. The van der Waals surface area contributed by atoms with Crippen LogP contribution in [0.5, 0.6) is 0 Å². The van der Waals surface area contributed by atoms with Crippen molar-refractivity contribution < 1.29 is 13.2 Å². The third-order valence-electron chi connectivity index (χ3n) is 2.71. The molecule has 102 valence electrons. The van der Waals surface area contributed by atoms with Gasteiger partial charge in [-0.2, -0.15) is 18.3 Å². The fourth-order valence-electron chi connectivity index (χ4n) is 1.87. The summed E-state index contributed by atoms with van der Waals surface area (Å²) in [5.74, 6) is 0. The SMILES string of the molecule is CNCc1ccc(-n2cc(C)cn2)c(C(F)(F)F)c1. The van der Waals surface area contributed by atoms with E-state index in [1.807, 2.05) is 0 Å². The standard InChI is InChI=1S/C13H14F3N3/c1-9-6-18-19(8-9)12-4-3-10(7-17-2)5-11(12)13(14,15)16/h3-6,8,17H,7H2,1-2H3. The lowest BCUT2D eigenvalue weighted by Crippen LogP contribution is -2.13. The van der Waals surface area contributed by atoms with Gasteiger partial charge in [0.15, 0.2) is 0 Å². The van der Waals surface area contributed by atoms with Crippen LogP contribution in [0.15, 0.2) is 30.6 Å². The van der Waals surface area contributed by atoms with Crippen LogP contribution in [-0.2, 0) is 12.7 Å². The third kappa shape index (κ3) is 2.96. The molecule has 1 heterocycles. The maximum atomic E-state index is 13.1. The molecule has 6 heteroatoms. The number of alkyl halides is 3. The van der Waals surface area contributed by atoms with Gasteiger partial charge in [-0.25, -0.2) is 4.68 Å². The average molecular weight is 269 g/mol. The van der Waals surface area contributed by atoms with Gasteiger partial charge in [-0.1, -0.05) is 6.07 Å². The highest BCUT2D eigenvalue weighted by molar-refractivity contribution is 5.45. The molecule has 0 spiro atoms. The van der Waals surface area contributed by atoms with Crippen LogP contribution in [0.1, 0.15) is 16.7 Å². The Kier molecular flexibility index (Phi) is 3.61. The maximum absolute atomic E-state index is 13.1. The molecule has 19 heavy (non-hydrogen) atoms. The Bertz CT molecular complexity index is 573. The van der Waals surface area contributed by atoms with Gasteiger partial charge in [0, 0.05) is 12.7 Å². The van der Waals surface area contributed by atoms with Gasteiger partial charge in [0.2, 0.25) is 0 Å². The Morgan fingerprint density at radius 1 is 1.32 bits per heavy atom. The Hall–Kier alpha value is -1.82. The molecular weight excluding hydrogens is 255 g/mol. The number of nitrogens with zero attached hydrogens (tertiary/aromatic N) is 2. The molecule has 0 atom stereocenters. The van der Waals surface area contributed by atoms with E-state index in [1.54, 1.807) is 26.2 Å². The van der Waals surface area contributed by atoms with Crippen molar-refractivity contribution in [2.24, 2.45) is 0 Å². The first-order chi connectivity index (χ1) is 8.91. The quantitative estimate of drug-likeness (QED) is 0.928. The lowest BCUT2D eigenvalue weighted by molar-refractivity contribution is -0.137. The molecule has 1 aromatic heterocycles. The van der Waals surface area contributed by atoms with Gasteiger partial charge < -0.3 is 5.32 Å². The maximum Gasteiger partial charge on any atom is 0.418 e. The van der Waals surface area contributed by atoms with Crippen LogP contribution in [0.3, 0.4) is 0 Å². The summed E-state index contributed by atoms with van der Waals surface area (Å²) in [6.45, 7) is 2.17. The predicted molar refractivity (Wildman–Crippen MR) is 66.1 cm³/mol. The summed E-state index contributed by atoms with van der Waals surface area (Å²) in [5.41, 5.74) is 0.763. The number of hydrogen-bond acceptors (Lipinski definition) is 2. The van der Waals surface area contributed by atoms with Gasteiger partial charge >= 0.3 is 6.18 Å². The molecule has 2 aromatic rings. The highest BCUT2D eigenvalue weighted by atomic mass is 19.4. The van der Waals surface area contributed by atoms with Crippen LogP contribution >= 0.6 is 0 Å². The van der Waals surface area contributed by atoms with Crippen LogP contribution in [0.25, 0.3) is 5.69 Å². The Morgan fingerprint density at radius 2 is 2.05 bits per heavy atom. The van der Waals surface area contributed by atoms with E-state index in [0.29, 0.717) is 12.1 Å². The second kappa shape index (κ2) is 5.05. The van der Waals surface area contributed by atoms with Crippen molar-refractivity contribution >= 4 is 0 Å². The van der Waals surface area contributed by atoms with Crippen LogP contribution in [0.4, 0.5) is 13.2 Å². The zero-order valence-electron chi connectivity index (χ0n) is 10.6. The number of rotatable bonds is 3. The predicted octanol–water partition coefficient (Wildman–Crippen LogP) is 2.92. The van der Waals surface area contributed by atoms with Crippen molar-refractivity contribution in [3.63, 3.8) is 0 Å². The molecule has 0 unspecified atom stereocenters. The molecule has 0 saturated carbocycles. The molecule has 0 aliphatic rings.